The molecule has 4 heteroatoms. The molecule has 0 aliphatic heterocycles. The van der Waals surface area contributed by atoms with Crippen molar-refractivity contribution in [1.82, 2.24) is 5.32 Å². The van der Waals surface area contributed by atoms with Gasteiger partial charge in [0, 0.05) is 41.0 Å². The molecule has 0 saturated heterocycles. The molecule has 0 amide bonds. The van der Waals surface area contributed by atoms with E-state index in [2.05, 4.69) is 162 Å². The number of para-hydroxylation sites is 2. The first-order valence-electron chi connectivity index (χ1n) is 39.5. The normalized spacial score (nSPS) is 18.4. The number of rotatable bonds is 13. The molecule has 0 atom stereocenters. The monoisotopic (exact) mass is 1350 g/mol. The third-order valence-corrected chi connectivity index (χ3v) is 33.0. The van der Waals surface area contributed by atoms with Gasteiger partial charge in [0.15, 0.2) is 0 Å². The van der Waals surface area contributed by atoms with Crippen LogP contribution in [-0.4, -0.2) is 5.97 Å². The van der Waals surface area contributed by atoms with Crippen LogP contribution < -0.4 is 10.2 Å². The van der Waals surface area contributed by atoms with Gasteiger partial charge in [-0.3, -0.25) is 0 Å². The lowest BCUT2D eigenvalue weighted by Crippen LogP contribution is -2.56. The van der Waals surface area contributed by atoms with Crippen LogP contribution in [0, 0.1) is 0 Å². The second-order valence-corrected chi connectivity index (χ2v) is 35.9. The van der Waals surface area contributed by atoms with E-state index in [1.54, 1.807) is 313 Å². The fourth-order valence-corrected chi connectivity index (χ4v) is 30.7. The van der Waals surface area contributed by atoms with E-state index >= 15 is 4.79 Å². The van der Waals surface area contributed by atoms with E-state index < -0.39 is 5.41 Å². The highest BCUT2D eigenvalue weighted by molar-refractivity contribution is 6.82. The molecule has 0 saturated carbocycles. The summed E-state index contributed by atoms with van der Waals surface area (Å²) in [6.07, 6.45) is 3.75. The molecule has 39 rings (SSSR count). The number of aryl methyl sites for hydroxylation is 2. The molecule has 5 aliphatic carbocycles. The number of ether oxygens (including phenoxy) is 1. The second kappa shape index (κ2) is 13.4. The maximum Gasteiger partial charge on any atom is 0.338 e. The average molecular weight is 1350 g/mol. The number of nitrogens with one attached hydrogen (secondary N) is 1. The predicted molar refractivity (Wildman–Crippen MR) is 449 cm³/mol. The first kappa shape index (κ1) is 48.2. The van der Waals surface area contributed by atoms with Gasteiger partial charge in [-0.05, 0) is 426 Å². The van der Waals surface area contributed by atoms with E-state index in [4.69, 9.17) is 4.74 Å². The van der Waals surface area contributed by atoms with Crippen LogP contribution in [-0.2, 0) is 60.9 Å². The zero-order valence-electron chi connectivity index (χ0n) is 57.1. The summed E-state index contributed by atoms with van der Waals surface area (Å²) in [4.78, 5) is 17.4. The zero-order chi connectivity index (χ0) is 67.0. The molecule has 1 N–H and O–H groups in total. The summed E-state index contributed by atoms with van der Waals surface area (Å²) in [7, 11) is 0. The smallest absolute Gasteiger partial charge is 0.338 e. The fraction of sp³-hybridized carbons (Fsp3) is 0.0865. The number of carbonyl (C=O) groups excluding carboxylic acids is 1. The van der Waals surface area contributed by atoms with E-state index in [0.717, 1.165) is 61.4 Å². The van der Waals surface area contributed by atoms with Crippen LogP contribution in [0.1, 0.15) is 71.6 Å². The second-order valence-electron chi connectivity index (χ2n) is 35.9. The van der Waals surface area contributed by atoms with Gasteiger partial charge in [0.25, 0.3) is 0 Å². The number of hydrogen-bond acceptors (Lipinski definition) is 4. The van der Waals surface area contributed by atoms with E-state index in [1.165, 1.54) is 33.4 Å². The van der Waals surface area contributed by atoms with Gasteiger partial charge in [-0.2, -0.15) is 0 Å². The lowest BCUT2D eigenvalue weighted by Gasteiger charge is -2.57. The van der Waals surface area contributed by atoms with Crippen molar-refractivity contribution in [2.45, 2.75) is 56.2 Å². The Morgan fingerprint density at radius 2 is 0.519 bits per heavy atom. The van der Waals surface area contributed by atoms with Crippen molar-refractivity contribution in [3.05, 3.63) is 218 Å². The molecule has 2 spiro atoms. The molecule has 0 fully saturated rings. The van der Waals surface area contributed by atoms with Gasteiger partial charge >= 0.3 is 5.97 Å². The summed E-state index contributed by atoms with van der Waals surface area (Å²) in [6.45, 7) is 1.75. The first-order chi connectivity index (χ1) is 53.6. The van der Waals surface area contributed by atoms with Crippen LogP contribution in [0.5, 0.6) is 0 Å². The maximum atomic E-state index is 15.1. The Labute approximate surface area is 604 Å². The SMILES string of the molecule is O=C(OCc1ccc(CNCc2ccc(CCc3ccc(N(c4ccccc4)c4ccccc4)cc3)cc2)cc1)c1ccc2c(c1)CC13c4c5c6c7c8c9c(c%10c%11c1c1c4c4c%12c5c5c6c6c8c8c%13c9c9c%10c%10c%11c%11c1c1c4c4c%12c%12c5c5c6c8c6c8c%13c9c9c%10c%10c%11c1c1c4c4c%12c5c6c5c8c9c%10c1c45)C73C2. The molecule has 0 unspecified atom stereocenters. The van der Waals surface area contributed by atoms with Crippen LogP contribution >= 0.6 is 0 Å². The fourth-order valence-electron chi connectivity index (χ4n) is 30.7. The van der Waals surface area contributed by atoms with Gasteiger partial charge in [-0.25, -0.2) is 4.79 Å². The quantitative estimate of drug-likeness (QED) is 0.0923. The molecular weight excluding hydrogens is 1310 g/mol. The molecule has 478 valence electrons. The minimum atomic E-state index is -0.416. The number of anilines is 3. The number of hydrogen-bond donors (Lipinski definition) is 1. The molecule has 0 bridgehead atoms. The molecule has 0 heterocycles. The van der Waals surface area contributed by atoms with Crippen LogP contribution in [0.2, 0.25) is 0 Å². The Hall–Kier alpha value is -13.0. The summed E-state index contributed by atoms with van der Waals surface area (Å²) >= 11 is 0. The Bertz CT molecular complexity index is 9500. The van der Waals surface area contributed by atoms with Crippen molar-refractivity contribution in [3.8, 4) is 0 Å². The third-order valence-electron chi connectivity index (χ3n) is 33.0. The molecule has 34 aromatic rings. The molecule has 5 aliphatic rings. The van der Waals surface area contributed by atoms with Crippen LogP contribution in [0.15, 0.2) is 152 Å². The standard InChI is InChI=1S/C104H40N2O2/c107-102(108-32-37-19-17-36(18-20-37)31-105-30-35-15-13-33(14-16-35)11-12-34-21-25-43(26-22-34)106(41-7-3-1-4-8-41)42-9-5-2-6-10-42)38-23-24-39-28-103-98-90-82-72-62-54-46-44-45-48-52-50(46)58-66-60(52)70-64-56(48)57-49(45)53-51-47(44)55(54)63-69-59(51)67-61(53)71-65(57)75-74(64)84-78(70)88-80(66)86(76(82)68(58)62)94(98)96(88)100-92(84)93-85(75)79(71)89-81(67)87-77(69)83(73(63)72)91(90)99(103)95(87)97(89)101(93)104(100,103)29-40(39)27-38/h1-10,13-27,105H,11-12,28-32H2. The summed E-state index contributed by atoms with van der Waals surface area (Å²) < 4.78 is 6.47. The van der Waals surface area contributed by atoms with Crippen molar-refractivity contribution in [3.63, 3.8) is 0 Å². The Balaban J connectivity index is 0.487. The number of benzene rings is 24. The molecule has 0 aromatic heterocycles. The Kier molecular flexibility index (Phi) is 6.00. The number of nitrogens with zero attached hydrogens (tertiary/aromatic N) is 1. The number of esters is 1. The first-order valence-corrected chi connectivity index (χ1v) is 39.5. The van der Waals surface area contributed by atoms with Crippen LogP contribution in [0.3, 0.4) is 0 Å². The summed E-state index contributed by atoms with van der Waals surface area (Å²) in [5.74, 6) is -0.239. The minimum Gasteiger partial charge on any atom is -0.457 e. The van der Waals surface area contributed by atoms with E-state index in [0.29, 0.717) is 5.56 Å². The molecular formula is C104H40N2O2. The zero-order valence-corrected chi connectivity index (χ0v) is 57.1. The number of carbonyl (C=O) groups is 1. The largest absolute Gasteiger partial charge is 0.457 e. The van der Waals surface area contributed by atoms with Crippen LogP contribution in [0.25, 0.3) is 291 Å². The minimum absolute atomic E-state index is 0.224. The molecule has 0 radical (unpaired) electrons. The highest BCUT2D eigenvalue weighted by Gasteiger charge is 2.71. The van der Waals surface area contributed by atoms with Gasteiger partial charge in [-0.15, -0.1) is 0 Å². The van der Waals surface area contributed by atoms with Gasteiger partial charge in [0.1, 0.15) is 6.61 Å². The van der Waals surface area contributed by atoms with Gasteiger partial charge < -0.3 is 15.0 Å². The van der Waals surface area contributed by atoms with Gasteiger partial charge in [0.05, 0.1) is 5.56 Å². The van der Waals surface area contributed by atoms with Crippen molar-refractivity contribution >= 4 is 314 Å². The predicted octanol–water partition coefficient (Wildman–Crippen LogP) is 26.0. The van der Waals surface area contributed by atoms with E-state index in [1.807, 2.05) is 0 Å². The van der Waals surface area contributed by atoms with Gasteiger partial charge in [0.2, 0.25) is 0 Å². The summed E-state index contributed by atoms with van der Waals surface area (Å²) in [5, 5.41) is 91.5. The van der Waals surface area contributed by atoms with Crippen molar-refractivity contribution in [2.75, 3.05) is 4.90 Å². The van der Waals surface area contributed by atoms with Crippen molar-refractivity contribution in [2.24, 2.45) is 0 Å². The maximum absolute atomic E-state index is 15.1. The summed E-state index contributed by atoms with van der Waals surface area (Å²) in [6, 6.07) is 54.9. The topological polar surface area (TPSA) is 41.6 Å². The molecule has 4 nitrogen and oxygen atoms in total. The Morgan fingerprint density at radius 1 is 0.269 bits per heavy atom. The lowest BCUT2D eigenvalue weighted by atomic mass is 9.43. The molecule has 34 aromatic carbocycles. The van der Waals surface area contributed by atoms with E-state index in [-0.39, 0.29) is 18.0 Å². The molecule has 108 heavy (non-hydrogen) atoms. The number of fused-ring (bicyclic) bond motifs is 1. The van der Waals surface area contributed by atoms with Crippen molar-refractivity contribution in [1.29, 1.82) is 0 Å². The lowest BCUT2D eigenvalue weighted by molar-refractivity contribution is 0.0472. The summed E-state index contributed by atoms with van der Waals surface area (Å²) in [5.41, 5.74) is 19.0. The Morgan fingerprint density at radius 3 is 0.824 bits per heavy atom. The van der Waals surface area contributed by atoms with E-state index in [9.17, 15) is 0 Å². The van der Waals surface area contributed by atoms with Crippen molar-refractivity contribution < 1.29 is 9.53 Å². The average Bonchev–Trinajstić information content (AvgIpc) is 1.38. The van der Waals surface area contributed by atoms with Gasteiger partial charge in [-0.1, -0.05) is 103 Å². The van der Waals surface area contributed by atoms with Crippen LogP contribution in [0.4, 0.5) is 17.1 Å². The highest BCUT2D eigenvalue weighted by Crippen LogP contribution is 2.86. The highest BCUT2D eigenvalue weighted by atomic mass is 16.5. The third kappa shape index (κ3) is 3.70.